The topological polar surface area (TPSA) is 49.4 Å². The number of nitrogens with zero attached hydrogens (tertiary/aromatic N) is 4. The fourth-order valence-electron chi connectivity index (χ4n) is 1.49. The molecule has 0 aliphatic carbocycles. The SMILES string of the molecule is Clc1ccc(N=Nc2ccc(Cl)c3c2N=N3)cc1. The lowest BCUT2D eigenvalue weighted by molar-refractivity contribution is 1.12. The molecular weight excluding hydrogens is 271 g/mol. The third-order valence-corrected chi connectivity index (χ3v) is 2.99. The smallest absolute Gasteiger partial charge is 0.142 e. The van der Waals surface area contributed by atoms with Gasteiger partial charge >= 0.3 is 0 Å². The highest BCUT2D eigenvalue weighted by atomic mass is 35.5. The molecule has 6 heteroatoms. The van der Waals surface area contributed by atoms with E-state index in [9.17, 15) is 0 Å². The first-order chi connectivity index (χ1) is 8.74. The van der Waals surface area contributed by atoms with E-state index in [1.54, 1.807) is 36.4 Å². The minimum Gasteiger partial charge on any atom is -0.150 e. The Balaban J connectivity index is 1.90. The van der Waals surface area contributed by atoms with Crippen LogP contribution in [0, 0.1) is 0 Å². The molecule has 1 heterocycles. The van der Waals surface area contributed by atoms with Gasteiger partial charge in [-0.25, -0.2) is 0 Å². The first-order valence-electron chi connectivity index (χ1n) is 5.15. The molecule has 0 aromatic heterocycles. The molecule has 2 aromatic carbocycles. The van der Waals surface area contributed by atoms with Crippen molar-refractivity contribution < 1.29 is 0 Å². The van der Waals surface area contributed by atoms with E-state index in [4.69, 9.17) is 23.2 Å². The van der Waals surface area contributed by atoms with Gasteiger partial charge in [-0.3, -0.25) is 0 Å². The predicted molar refractivity (Wildman–Crippen MR) is 71.3 cm³/mol. The molecule has 0 unspecified atom stereocenters. The van der Waals surface area contributed by atoms with Gasteiger partial charge in [0.25, 0.3) is 0 Å². The number of fused-ring (bicyclic) bond motifs is 1. The summed E-state index contributed by atoms with van der Waals surface area (Å²) in [5.41, 5.74) is 2.73. The zero-order valence-corrected chi connectivity index (χ0v) is 10.5. The summed E-state index contributed by atoms with van der Waals surface area (Å²) in [4.78, 5) is 0. The fourth-order valence-corrected chi connectivity index (χ4v) is 1.81. The summed E-state index contributed by atoms with van der Waals surface area (Å²) < 4.78 is 0. The Hall–Kier alpha value is -1.78. The van der Waals surface area contributed by atoms with Gasteiger partial charge in [-0.2, -0.15) is 5.11 Å². The molecule has 0 saturated carbocycles. The van der Waals surface area contributed by atoms with Gasteiger partial charge in [-0.15, -0.1) is 15.3 Å². The summed E-state index contributed by atoms with van der Waals surface area (Å²) in [6.45, 7) is 0. The average molecular weight is 277 g/mol. The van der Waals surface area contributed by atoms with E-state index >= 15 is 0 Å². The van der Waals surface area contributed by atoms with E-state index in [2.05, 4.69) is 20.5 Å². The maximum Gasteiger partial charge on any atom is 0.142 e. The van der Waals surface area contributed by atoms with Gasteiger partial charge in [0.2, 0.25) is 0 Å². The third-order valence-electron chi connectivity index (χ3n) is 2.43. The molecule has 0 bridgehead atoms. The Morgan fingerprint density at radius 3 is 2.17 bits per heavy atom. The van der Waals surface area contributed by atoms with Crippen LogP contribution in [0.25, 0.3) is 0 Å². The first kappa shape index (κ1) is 11.3. The molecule has 18 heavy (non-hydrogen) atoms. The lowest BCUT2D eigenvalue weighted by atomic mass is 10.2. The Morgan fingerprint density at radius 2 is 1.50 bits per heavy atom. The van der Waals surface area contributed by atoms with Crippen molar-refractivity contribution in [3.05, 3.63) is 46.4 Å². The molecule has 0 atom stereocenters. The fraction of sp³-hybridized carbons (Fsp3) is 0. The lowest BCUT2D eigenvalue weighted by Gasteiger charge is -2.10. The largest absolute Gasteiger partial charge is 0.150 e. The van der Waals surface area contributed by atoms with Gasteiger partial charge in [0.05, 0.1) is 10.7 Å². The van der Waals surface area contributed by atoms with Crippen LogP contribution in [0.15, 0.2) is 56.9 Å². The highest BCUT2D eigenvalue weighted by molar-refractivity contribution is 6.34. The Labute approximate surface area is 113 Å². The third kappa shape index (κ3) is 2.00. The second-order valence-electron chi connectivity index (χ2n) is 3.64. The van der Waals surface area contributed by atoms with Crippen molar-refractivity contribution in [2.75, 3.05) is 0 Å². The standard InChI is InChI=1S/C12H6Cl2N4/c13-7-1-3-8(4-2-7)15-16-10-6-5-9(14)11-12(10)18-17-11/h1-6H. The first-order valence-corrected chi connectivity index (χ1v) is 5.91. The summed E-state index contributed by atoms with van der Waals surface area (Å²) in [5.74, 6) is 0. The van der Waals surface area contributed by atoms with Crippen LogP contribution in [-0.4, -0.2) is 0 Å². The van der Waals surface area contributed by atoms with Gasteiger partial charge in [-0.05, 0) is 36.4 Å². The predicted octanol–water partition coefficient (Wildman–Crippen LogP) is 6.14. The normalized spacial score (nSPS) is 12.6. The summed E-state index contributed by atoms with van der Waals surface area (Å²) in [5, 5.41) is 17.2. The second kappa shape index (κ2) is 4.48. The van der Waals surface area contributed by atoms with Gasteiger partial charge in [-0.1, -0.05) is 23.2 Å². The van der Waals surface area contributed by atoms with Crippen molar-refractivity contribution in [1.82, 2.24) is 0 Å². The second-order valence-corrected chi connectivity index (χ2v) is 4.48. The van der Waals surface area contributed by atoms with E-state index in [1.165, 1.54) is 0 Å². The minimum atomic E-state index is 0.574. The van der Waals surface area contributed by atoms with Gasteiger partial charge < -0.3 is 0 Å². The average Bonchev–Trinajstić information content (AvgIpc) is 2.31. The van der Waals surface area contributed by atoms with Crippen LogP contribution < -0.4 is 0 Å². The molecular formula is C12H6Cl2N4. The molecule has 0 radical (unpaired) electrons. The summed E-state index contributed by atoms with van der Waals surface area (Å²) >= 11 is 11.7. The number of hydrogen-bond donors (Lipinski definition) is 0. The zero-order valence-electron chi connectivity index (χ0n) is 9.01. The molecule has 0 amide bonds. The Bertz CT molecular complexity index is 663. The van der Waals surface area contributed by atoms with Crippen LogP contribution in [0.3, 0.4) is 0 Å². The zero-order chi connectivity index (χ0) is 12.5. The van der Waals surface area contributed by atoms with Crippen LogP contribution in [0.2, 0.25) is 10.0 Å². The molecule has 3 rings (SSSR count). The number of halogens is 2. The number of hydrogen-bond acceptors (Lipinski definition) is 4. The summed E-state index contributed by atoms with van der Waals surface area (Å²) in [6, 6.07) is 10.6. The van der Waals surface area contributed by atoms with Crippen LogP contribution in [0.1, 0.15) is 0 Å². The van der Waals surface area contributed by atoms with Crippen LogP contribution in [0.4, 0.5) is 22.7 Å². The van der Waals surface area contributed by atoms with Gasteiger partial charge in [0.1, 0.15) is 17.1 Å². The highest BCUT2D eigenvalue weighted by Gasteiger charge is 2.18. The summed E-state index contributed by atoms with van der Waals surface area (Å²) in [6.07, 6.45) is 0. The molecule has 0 saturated heterocycles. The Kier molecular flexibility index (Phi) is 2.81. The monoisotopic (exact) mass is 276 g/mol. The van der Waals surface area contributed by atoms with Crippen LogP contribution in [-0.2, 0) is 0 Å². The van der Waals surface area contributed by atoms with E-state index < -0.39 is 0 Å². The van der Waals surface area contributed by atoms with E-state index in [-0.39, 0.29) is 0 Å². The van der Waals surface area contributed by atoms with Crippen LogP contribution in [0.5, 0.6) is 0 Å². The molecule has 4 nitrogen and oxygen atoms in total. The molecule has 0 spiro atoms. The number of azo groups is 2. The molecule has 0 fully saturated rings. The maximum absolute atomic E-state index is 5.93. The summed E-state index contributed by atoms with van der Waals surface area (Å²) in [7, 11) is 0. The molecule has 1 aliphatic rings. The van der Waals surface area contributed by atoms with Gasteiger partial charge in [0.15, 0.2) is 0 Å². The van der Waals surface area contributed by atoms with Crippen LogP contribution >= 0.6 is 23.2 Å². The molecule has 0 N–H and O–H groups in total. The molecule has 88 valence electrons. The van der Waals surface area contributed by atoms with Crippen molar-refractivity contribution in [3.63, 3.8) is 0 Å². The lowest BCUT2D eigenvalue weighted by Crippen LogP contribution is -1.79. The van der Waals surface area contributed by atoms with Crippen molar-refractivity contribution in [1.29, 1.82) is 0 Å². The minimum absolute atomic E-state index is 0.574. The van der Waals surface area contributed by atoms with E-state index in [0.717, 1.165) is 5.69 Å². The van der Waals surface area contributed by atoms with E-state index in [1.807, 2.05) is 0 Å². The van der Waals surface area contributed by atoms with Gasteiger partial charge in [0, 0.05) is 5.02 Å². The number of rotatable bonds is 2. The van der Waals surface area contributed by atoms with Crippen molar-refractivity contribution in [2.45, 2.75) is 0 Å². The maximum atomic E-state index is 5.93. The van der Waals surface area contributed by atoms with E-state index in [0.29, 0.717) is 27.1 Å². The number of benzene rings is 2. The molecule has 2 aromatic rings. The highest BCUT2D eigenvalue weighted by Crippen LogP contribution is 2.49. The quantitative estimate of drug-likeness (QED) is 0.505. The Morgan fingerprint density at radius 1 is 0.778 bits per heavy atom. The van der Waals surface area contributed by atoms with Crippen molar-refractivity contribution in [3.8, 4) is 0 Å². The van der Waals surface area contributed by atoms with Crippen molar-refractivity contribution >= 4 is 46.0 Å². The van der Waals surface area contributed by atoms with Crippen molar-refractivity contribution in [2.24, 2.45) is 20.5 Å². The molecule has 1 aliphatic heterocycles.